The van der Waals surface area contributed by atoms with Gasteiger partial charge in [0.15, 0.2) is 0 Å². The van der Waals surface area contributed by atoms with Crippen LogP contribution < -0.4 is 16.0 Å². The Morgan fingerprint density at radius 2 is 2.05 bits per heavy atom. The molecule has 1 aromatic heterocycles. The van der Waals surface area contributed by atoms with Crippen LogP contribution in [0.15, 0.2) is 38.5 Å². The molecule has 8 heteroatoms. The third-order valence-electron chi connectivity index (χ3n) is 2.45. The summed E-state index contributed by atoms with van der Waals surface area (Å²) in [6.07, 6.45) is 1.41. The molecular weight excluding hydrogens is 371 g/mol. The number of rotatable bonds is 4. The highest BCUT2D eigenvalue weighted by Crippen LogP contribution is 2.27. The van der Waals surface area contributed by atoms with Crippen LogP contribution in [0.3, 0.4) is 0 Å². The van der Waals surface area contributed by atoms with Gasteiger partial charge in [-0.05, 0) is 34.1 Å². The maximum absolute atomic E-state index is 11.5. The molecule has 1 heterocycles. The summed E-state index contributed by atoms with van der Waals surface area (Å²) < 4.78 is 7.07. The van der Waals surface area contributed by atoms with Crippen LogP contribution in [0.25, 0.3) is 0 Å². The van der Waals surface area contributed by atoms with Gasteiger partial charge in [0.05, 0.1) is 16.0 Å². The van der Waals surface area contributed by atoms with Crippen molar-refractivity contribution in [2.24, 2.45) is 0 Å². The van der Waals surface area contributed by atoms with E-state index >= 15 is 0 Å². The molecule has 2 aromatic rings. The van der Waals surface area contributed by atoms with Crippen LogP contribution in [0.4, 0.5) is 0 Å². The van der Waals surface area contributed by atoms with Gasteiger partial charge in [0.25, 0.3) is 5.56 Å². The summed E-state index contributed by atoms with van der Waals surface area (Å²) in [6.45, 7) is 0.493. The van der Waals surface area contributed by atoms with Crippen molar-refractivity contribution in [2.45, 2.75) is 6.54 Å². The monoisotopic (exact) mass is 378 g/mol. The number of benzene rings is 1. The van der Waals surface area contributed by atoms with Crippen LogP contribution in [0.5, 0.6) is 5.75 Å². The Morgan fingerprint density at radius 3 is 2.75 bits per heavy atom. The average Bonchev–Trinajstić information content (AvgIpc) is 2.38. The van der Waals surface area contributed by atoms with E-state index in [0.717, 1.165) is 0 Å². The minimum Gasteiger partial charge on any atom is -0.490 e. The zero-order valence-corrected chi connectivity index (χ0v) is 13.1. The number of aromatic nitrogens is 2. The topological polar surface area (TPSA) is 64.1 Å². The van der Waals surface area contributed by atoms with E-state index in [2.05, 4.69) is 20.9 Å². The SMILES string of the molecule is O=c1[nH]c(=O)n(CCOc2ccc(Cl)cc2Cl)cc1Br. The molecule has 0 fully saturated rings. The lowest BCUT2D eigenvalue weighted by molar-refractivity contribution is 0.295. The Hall–Kier alpha value is -1.24. The van der Waals surface area contributed by atoms with Crippen molar-refractivity contribution in [3.63, 3.8) is 0 Å². The van der Waals surface area contributed by atoms with Gasteiger partial charge in [-0.15, -0.1) is 0 Å². The highest BCUT2D eigenvalue weighted by molar-refractivity contribution is 9.10. The third kappa shape index (κ3) is 3.65. The molecule has 0 aliphatic heterocycles. The maximum atomic E-state index is 11.5. The van der Waals surface area contributed by atoms with Crippen LogP contribution in [0.2, 0.25) is 10.0 Å². The normalized spacial score (nSPS) is 10.6. The van der Waals surface area contributed by atoms with Crippen molar-refractivity contribution in [2.75, 3.05) is 6.61 Å². The second-order valence-corrected chi connectivity index (χ2v) is 5.55. The minimum absolute atomic E-state index is 0.222. The molecule has 0 aliphatic rings. The average molecular weight is 380 g/mol. The zero-order valence-electron chi connectivity index (χ0n) is 10.0. The van der Waals surface area contributed by atoms with Gasteiger partial charge in [-0.1, -0.05) is 23.2 Å². The van der Waals surface area contributed by atoms with E-state index in [9.17, 15) is 9.59 Å². The summed E-state index contributed by atoms with van der Waals surface area (Å²) in [7, 11) is 0. The molecule has 0 saturated carbocycles. The van der Waals surface area contributed by atoms with Gasteiger partial charge < -0.3 is 4.74 Å². The predicted octanol–water partition coefficient (Wildman–Crippen LogP) is 2.68. The Morgan fingerprint density at radius 1 is 1.30 bits per heavy atom. The lowest BCUT2D eigenvalue weighted by Gasteiger charge is -2.09. The zero-order chi connectivity index (χ0) is 14.7. The van der Waals surface area contributed by atoms with E-state index in [1.54, 1.807) is 18.2 Å². The largest absolute Gasteiger partial charge is 0.490 e. The fraction of sp³-hybridized carbons (Fsp3) is 0.167. The highest BCUT2D eigenvalue weighted by Gasteiger charge is 2.04. The number of H-pyrrole nitrogens is 1. The third-order valence-corrected chi connectivity index (χ3v) is 3.55. The second kappa shape index (κ2) is 6.47. The minimum atomic E-state index is -0.496. The number of ether oxygens (including phenoxy) is 1. The maximum Gasteiger partial charge on any atom is 0.328 e. The molecule has 0 saturated heterocycles. The van der Waals surface area contributed by atoms with E-state index in [1.807, 2.05) is 0 Å². The first-order valence-corrected chi connectivity index (χ1v) is 7.09. The molecule has 0 aliphatic carbocycles. The van der Waals surface area contributed by atoms with Crippen LogP contribution in [-0.4, -0.2) is 16.2 Å². The van der Waals surface area contributed by atoms with Crippen molar-refractivity contribution >= 4 is 39.1 Å². The number of nitrogens with zero attached hydrogens (tertiary/aromatic N) is 1. The number of hydrogen-bond acceptors (Lipinski definition) is 3. The summed E-state index contributed by atoms with van der Waals surface area (Å²) in [5.41, 5.74) is -0.961. The lowest BCUT2D eigenvalue weighted by Crippen LogP contribution is -2.31. The lowest BCUT2D eigenvalue weighted by atomic mass is 10.3. The first kappa shape index (κ1) is 15.2. The van der Waals surface area contributed by atoms with Crippen molar-refractivity contribution < 1.29 is 4.74 Å². The molecule has 0 unspecified atom stereocenters. The molecule has 0 bridgehead atoms. The molecule has 1 N–H and O–H groups in total. The van der Waals surface area contributed by atoms with Gasteiger partial charge in [0.2, 0.25) is 0 Å². The van der Waals surface area contributed by atoms with Gasteiger partial charge in [-0.3, -0.25) is 14.3 Å². The van der Waals surface area contributed by atoms with Crippen molar-refractivity contribution in [3.05, 3.63) is 59.8 Å². The van der Waals surface area contributed by atoms with Gasteiger partial charge in [0, 0.05) is 11.2 Å². The molecular formula is C12H9BrCl2N2O3. The van der Waals surface area contributed by atoms with Crippen LogP contribution in [0, 0.1) is 0 Å². The summed E-state index contributed by atoms with van der Waals surface area (Å²) in [6, 6.07) is 4.88. The van der Waals surface area contributed by atoms with E-state index < -0.39 is 11.2 Å². The summed E-state index contributed by atoms with van der Waals surface area (Å²) in [4.78, 5) is 24.9. The van der Waals surface area contributed by atoms with Crippen LogP contribution in [-0.2, 0) is 6.54 Å². The molecule has 0 amide bonds. The molecule has 2 rings (SSSR count). The first-order chi connectivity index (χ1) is 9.47. The Bertz CT molecular complexity index is 742. The summed E-state index contributed by atoms with van der Waals surface area (Å²) in [5, 5.41) is 0.913. The molecule has 5 nitrogen and oxygen atoms in total. The number of hydrogen-bond donors (Lipinski definition) is 1. The molecule has 106 valence electrons. The smallest absolute Gasteiger partial charge is 0.328 e. The highest BCUT2D eigenvalue weighted by atomic mass is 79.9. The molecule has 20 heavy (non-hydrogen) atoms. The van der Waals surface area contributed by atoms with Gasteiger partial charge in [-0.25, -0.2) is 4.79 Å². The standard InChI is InChI=1S/C12H9BrCl2N2O3/c13-8-6-17(12(19)16-11(8)18)3-4-20-10-2-1-7(14)5-9(10)15/h1-2,5-6H,3-4H2,(H,16,18,19). The van der Waals surface area contributed by atoms with E-state index in [0.29, 0.717) is 15.8 Å². The molecule has 0 atom stereocenters. The first-order valence-electron chi connectivity index (χ1n) is 5.54. The fourth-order valence-corrected chi connectivity index (χ4v) is 2.30. The number of halogens is 3. The Kier molecular flexibility index (Phi) is 4.91. The number of nitrogens with one attached hydrogen (secondary N) is 1. The van der Waals surface area contributed by atoms with Gasteiger partial charge in [0.1, 0.15) is 12.4 Å². The van der Waals surface area contributed by atoms with Crippen molar-refractivity contribution in [1.29, 1.82) is 0 Å². The van der Waals surface area contributed by atoms with Crippen LogP contribution >= 0.6 is 39.1 Å². The van der Waals surface area contributed by atoms with Crippen molar-refractivity contribution in [3.8, 4) is 5.75 Å². The van der Waals surface area contributed by atoms with E-state index in [4.69, 9.17) is 27.9 Å². The molecule has 0 radical (unpaired) electrons. The molecule has 0 spiro atoms. The van der Waals surface area contributed by atoms with Crippen LogP contribution in [0.1, 0.15) is 0 Å². The quantitative estimate of drug-likeness (QED) is 0.888. The molecule has 1 aromatic carbocycles. The summed E-state index contributed by atoms with van der Waals surface area (Å²) in [5.74, 6) is 0.479. The second-order valence-electron chi connectivity index (χ2n) is 3.85. The van der Waals surface area contributed by atoms with E-state index in [1.165, 1.54) is 10.8 Å². The summed E-state index contributed by atoms with van der Waals surface area (Å²) >= 11 is 14.8. The fourth-order valence-electron chi connectivity index (χ4n) is 1.50. The predicted molar refractivity (Wildman–Crippen MR) is 81.0 cm³/mol. The van der Waals surface area contributed by atoms with Gasteiger partial charge >= 0.3 is 5.69 Å². The Balaban J connectivity index is 2.05. The van der Waals surface area contributed by atoms with Crippen molar-refractivity contribution in [1.82, 2.24) is 9.55 Å². The van der Waals surface area contributed by atoms with E-state index in [-0.39, 0.29) is 17.6 Å². The van der Waals surface area contributed by atoms with Gasteiger partial charge in [-0.2, -0.15) is 0 Å². The number of aromatic amines is 1. The Labute approximate surface area is 132 Å².